The van der Waals surface area contributed by atoms with Crippen LogP contribution < -0.4 is 0 Å². The van der Waals surface area contributed by atoms with E-state index in [4.69, 9.17) is 0 Å². The van der Waals surface area contributed by atoms with Crippen molar-refractivity contribution < 1.29 is 9.90 Å². The maximum atomic E-state index is 11.2. The summed E-state index contributed by atoms with van der Waals surface area (Å²) in [6, 6.07) is 11.9. The SMILES string of the molecule is CCc1ccc(-c2cccc(C(=O)O)c2C)cc1CC. The molecule has 0 saturated heterocycles. The van der Waals surface area contributed by atoms with Gasteiger partial charge in [0, 0.05) is 0 Å². The van der Waals surface area contributed by atoms with Crippen molar-refractivity contribution in [2.45, 2.75) is 33.6 Å². The molecule has 0 aliphatic rings. The normalized spacial score (nSPS) is 10.6. The summed E-state index contributed by atoms with van der Waals surface area (Å²) in [5.41, 5.74) is 6.00. The molecule has 20 heavy (non-hydrogen) atoms. The molecule has 0 bridgehead atoms. The van der Waals surface area contributed by atoms with Gasteiger partial charge in [0.2, 0.25) is 0 Å². The van der Waals surface area contributed by atoms with Gasteiger partial charge in [-0.3, -0.25) is 0 Å². The van der Waals surface area contributed by atoms with Crippen LogP contribution in [0.2, 0.25) is 0 Å². The predicted molar refractivity (Wildman–Crippen MR) is 82.3 cm³/mol. The molecule has 1 N–H and O–H groups in total. The van der Waals surface area contributed by atoms with Gasteiger partial charge in [0.1, 0.15) is 0 Å². The summed E-state index contributed by atoms with van der Waals surface area (Å²) < 4.78 is 0. The summed E-state index contributed by atoms with van der Waals surface area (Å²) in [5.74, 6) is -0.870. The van der Waals surface area contributed by atoms with Gasteiger partial charge in [-0.15, -0.1) is 0 Å². The minimum Gasteiger partial charge on any atom is -0.478 e. The third-order valence-electron chi connectivity index (χ3n) is 3.84. The molecule has 0 fully saturated rings. The van der Waals surface area contributed by atoms with E-state index in [9.17, 15) is 9.90 Å². The molecule has 0 aliphatic carbocycles. The van der Waals surface area contributed by atoms with E-state index in [1.165, 1.54) is 11.1 Å². The lowest BCUT2D eigenvalue weighted by Crippen LogP contribution is -2.01. The topological polar surface area (TPSA) is 37.3 Å². The highest BCUT2D eigenvalue weighted by atomic mass is 16.4. The van der Waals surface area contributed by atoms with Gasteiger partial charge in [-0.25, -0.2) is 4.79 Å². The van der Waals surface area contributed by atoms with Gasteiger partial charge in [0.05, 0.1) is 5.56 Å². The fourth-order valence-electron chi connectivity index (χ4n) is 2.65. The zero-order valence-electron chi connectivity index (χ0n) is 12.2. The number of aryl methyl sites for hydroxylation is 2. The molecule has 2 heteroatoms. The van der Waals surface area contributed by atoms with Gasteiger partial charge in [-0.1, -0.05) is 44.2 Å². The maximum Gasteiger partial charge on any atom is 0.335 e. The first kappa shape index (κ1) is 14.3. The highest BCUT2D eigenvalue weighted by molar-refractivity contribution is 5.92. The fraction of sp³-hybridized carbons (Fsp3) is 0.278. The average Bonchev–Trinajstić information content (AvgIpc) is 2.46. The largest absolute Gasteiger partial charge is 0.478 e. The first-order chi connectivity index (χ1) is 9.58. The maximum absolute atomic E-state index is 11.2. The summed E-state index contributed by atoms with van der Waals surface area (Å²) in [5, 5.41) is 9.22. The van der Waals surface area contributed by atoms with E-state index in [2.05, 4.69) is 32.0 Å². The number of carboxylic acid groups (broad SMARTS) is 1. The van der Waals surface area contributed by atoms with Crippen LogP contribution in [0.15, 0.2) is 36.4 Å². The third-order valence-corrected chi connectivity index (χ3v) is 3.84. The van der Waals surface area contributed by atoms with E-state index in [-0.39, 0.29) is 0 Å². The third kappa shape index (κ3) is 2.60. The van der Waals surface area contributed by atoms with Crippen LogP contribution in [0.1, 0.15) is 40.9 Å². The molecule has 0 aliphatic heterocycles. The van der Waals surface area contributed by atoms with Gasteiger partial charge >= 0.3 is 5.97 Å². The second-order valence-electron chi connectivity index (χ2n) is 4.97. The van der Waals surface area contributed by atoms with Crippen molar-refractivity contribution in [3.05, 3.63) is 58.7 Å². The Labute approximate surface area is 120 Å². The molecule has 104 valence electrons. The van der Waals surface area contributed by atoms with Gasteiger partial charge in [0.15, 0.2) is 0 Å². The van der Waals surface area contributed by atoms with Gasteiger partial charge in [0.25, 0.3) is 0 Å². The molecule has 2 rings (SSSR count). The summed E-state index contributed by atoms with van der Waals surface area (Å²) in [6.07, 6.45) is 2.02. The van der Waals surface area contributed by atoms with Crippen LogP contribution >= 0.6 is 0 Å². The lowest BCUT2D eigenvalue weighted by molar-refractivity contribution is 0.0696. The van der Waals surface area contributed by atoms with Crippen molar-refractivity contribution in [1.82, 2.24) is 0 Å². The van der Waals surface area contributed by atoms with Crippen LogP contribution in [0.25, 0.3) is 11.1 Å². The smallest absolute Gasteiger partial charge is 0.335 e. The molecule has 0 unspecified atom stereocenters. The summed E-state index contributed by atoms with van der Waals surface area (Å²) in [6.45, 7) is 6.18. The Balaban J connectivity index is 2.57. The Bertz CT molecular complexity index is 642. The molecule has 0 saturated carbocycles. The Morgan fingerprint density at radius 2 is 1.75 bits per heavy atom. The molecule has 0 radical (unpaired) electrons. The molecule has 0 spiro atoms. The minimum absolute atomic E-state index is 0.375. The average molecular weight is 268 g/mol. The lowest BCUT2D eigenvalue weighted by Gasteiger charge is -2.12. The lowest BCUT2D eigenvalue weighted by atomic mass is 9.92. The number of carboxylic acids is 1. The first-order valence-electron chi connectivity index (χ1n) is 7.03. The molecule has 0 amide bonds. The van der Waals surface area contributed by atoms with E-state index >= 15 is 0 Å². The van der Waals surface area contributed by atoms with Crippen molar-refractivity contribution in [1.29, 1.82) is 0 Å². The van der Waals surface area contributed by atoms with E-state index in [0.29, 0.717) is 5.56 Å². The van der Waals surface area contributed by atoms with Gasteiger partial charge in [-0.2, -0.15) is 0 Å². The first-order valence-corrected chi connectivity index (χ1v) is 7.03. The molecule has 0 heterocycles. The number of carbonyl (C=O) groups is 1. The summed E-state index contributed by atoms with van der Waals surface area (Å²) >= 11 is 0. The number of hydrogen-bond acceptors (Lipinski definition) is 1. The zero-order valence-corrected chi connectivity index (χ0v) is 12.2. The minimum atomic E-state index is -0.870. The van der Waals surface area contributed by atoms with Crippen LogP contribution in [-0.4, -0.2) is 11.1 Å². The number of hydrogen-bond donors (Lipinski definition) is 1. The van der Waals surface area contributed by atoms with Gasteiger partial charge < -0.3 is 5.11 Å². The zero-order chi connectivity index (χ0) is 14.7. The Morgan fingerprint density at radius 1 is 1.05 bits per heavy atom. The van der Waals surface area contributed by atoms with Gasteiger partial charge in [-0.05, 0) is 53.6 Å². The molecule has 2 nitrogen and oxygen atoms in total. The Kier molecular flexibility index (Phi) is 4.23. The summed E-state index contributed by atoms with van der Waals surface area (Å²) in [4.78, 5) is 11.2. The standard InChI is InChI=1S/C18H20O2/c1-4-13-9-10-15(11-14(13)5-2)16-7-6-8-17(12(16)3)18(19)20/h6-11H,4-5H2,1-3H3,(H,19,20). The van der Waals surface area contributed by atoms with Crippen molar-refractivity contribution in [2.24, 2.45) is 0 Å². The van der Waals surface area contributed by atoms with E-state index in [1.807, 2.05) is 19.1 Å². The fourth-order valence-corrected chi connectivity index (χ4v) is 2.65. The van der Waals surface area contributed by atoms with Crippen molar-refractivity contribution in [3.8, 4) is 11.1 Å². The predicted octanol–water partition coefficient (Wildman–Crippen LogP) is 4.49. The van der Waals surface area contributed by atoms with Crippen LogP contribution in [0.4, 0.5) is 0 Å². The quantitative estimate of drug-likeness (QED) is 0.887. The molecular formula is C18H20O2. The molecule has 2 aromatic carbocycles. The molecule has 0 aromatic heterocycles. The van der Waals surface area contributed by atoms with Crippen LogP contribution in [0.5, 0.6) is 0 Å². The van der Waals surface area contributed by atoms with Crippen molar-refractivity contribution >= 4 is 5.97 Å². The monoisotopic (exact) mass is 268 g/mol. The second-order valence-corrected chi connectivity index (χ2v) is 4.97. The van der Waals surface area contributed by atoms with E-state index < -0.39 is 5.97 Å². The molecule has 0 atom stereocenters. The Hall–Kier alpha value is -2.09. The Morgan fingerprint density at radius 3 is 2.35 bits per heavy atom. The van der Waals surface area contributed by atoms with Crippen LogP contribution in [0, 0.1) is 6.92 Å². The van der Waals surface area contributed by atoms with Crippen molar-refractivity contribution in [2.75, 3.05) is 0 Å². The molecular weight excluding hydrogens is 248 g/mol. The number of rotatable bonds is 4. The summed E-state index contributed by atoms with van der Waals surface area (Å²) in [7, 11) is 0. The van der Waals surface area contributed by atoms with Crippen molar-refractivity contribution in [3.63, 3.8) is 0 Å². The number of benzene rings is 2. The van der Waals surface area contributed by atoms with Crippen LogP contribution in [-0.2, 0) is 12.8 Å². The second kappa shape index (κ2) is 5.91. The van der Waals surface area contributed by atoms with E-state index in [1.54, 1.807) is 6.07 Å². The van der Waals surface area contributed by atoms with E-state index in [0.717, 1.165) is 29.5 Å². The van der Waals surface area contributed by atoms with Crippen LogP contribution in [0.3, 0.4) is 0 Å². The molecule has 2 aromatic rings. The highest BCUT2D eigenvalue weighted by Crippen LogP contribution is 2.28. The highest BCUT2D eigenvalue weighted by Gasteiger charge is 2.12. The number of aromatic carboxylic acids is 1.